The molecule has 0 saturated carbocycles. The zero-order valence-corrected chi connectivity index (χ0v) is 17.4. The van der Waals surface area contributed by atoms with E-state index in [0.717, 1.165) is 17.0 Å². The van der Waals surface area contributed by atoms with Crippen LogP contribution >= 0.6 is 24.0 Å². The first kappa shape index (κ1) is 21.7. The summed E-state index contributed by atoms with van der Waals surface area (Å²) in [7, 11) is 3.61. The Morgan fingerprint density at radius 1 is 1.26 bits per heavy atom. The smallest absolute Gasteiger partial charge is 0.239 e. The molecule has 0 atom stereocenters. The van der Waals surface area contributed by atoms with E-state index in [1.54, 1.807) is 7.05 Å². The van der Waals surface area contributed by atoms with Gasteiger partial charge in [-0.25, -0.2) is 0 Å². The van der Waals surface area contributed by atoms with Crippen LogP contribution < -0.4 is 16.0 Å². The molecule has 0 aliphatic heterocycles. The van der Waals surface area contributed by atoms with Crippen molar-refractivity contribution in [1.82, 2.24) is 25.7 Å². The maximum Gasteiger partial charge on any atom is 0.239 e. The Bertz CT molecular complexity index is 559. The van der Waals surface area contributed by atoms with Crippen molar-refractivity contribution < 1.29 is 4.79 Å². The summed E-state index contributed by atoms with van der Waals surface area (Å²) in [6.45, 7) is 10.7. The Kier molecular flexibility index (Phi) is 8.57. The van der Waals surface area contributed by atoms with Gasteiger partial charge in [-0.1, -0.05) is 0 Å². The number of aliphatic imine (C=N–C) groups is 1. The van der Waals surface area contributed by atoms with E-state index in [9.17, 15) is 4.79 Å². The van der Waals surface area contributed by atoms with E-state index >= 15 is 0 Å². The standard InChI is InChI=1S/C15H28N6O.HI/c1-10-12(11(2)21(7)20-10)8-17-14(16-6)18-9-13(22)19-15(3,4)5;/h8-9H2,1-7H3,(H,19,22)(H2,16,17,18);1H. The van der Waals surface area contributed by atoms with Crippen molar-refractivity contribution in [2.45, 2.75) is 46.7 Å². The number of aryl methyl sites for hydroxylation is 2. The fourth-order valence-corrected chi connectivity index (χ4v) is 2.09. The Balaban J connectivity index is 0.00000484. The molecule has 1 amide bonds. The molecule has 0 bridgehead atoms. The van der Waals surface area contributed by atoms with E-state index in [1.807, 2.05) is 46.3 Å². The number of halogens is 1. The molecule has 1 heterocycles. The molecular weight excluding hydrogens is 407 g/mol. The molecule has 7 nitrogen and oxygen atoms in total. The van der Waals surface area contributed by atoms with Crippen LogP contribution in [0.3, 0.4) is 0 Å². The zero-order valence-electron chi connectivity index (χ0n) is 15.1. The summed E-state index contributed by atoms with van der Waals surface area (Å²) in [6.07, 6.45) is 0. The third kappa shape index (κ3) is 7.19. The lowest BCUT2D eigenvalue weighted by Crippen LogP contribution is -2.48. The normalized spacial score (nSPS) is 11.7. The van der Waals surface area contributed by atoms with Gasteiger partial charge in [0.25, 0.3) is 0 Å². The monoisotopic (exact) mass is 436 g/mol. The molecule has 1 rings (SSSR count). The summed E-state index contributed by atoms with van der Waals surface area (Å²) < 4.78 is 1.86. The summed E-state index contributed by atoms with van der Waals surface area (Å²) in [4.78, 5) is 15.9. The highest BCUT2D eigenvalue weighted by atomic mass is 127. The van der Waals surface area contributed by atoms with Crippen LogP contribution in [-0.4, -0.2) is 40.8 Å². The van der Waals surface area contributed by atoms with Crippen molar-refractivity contribution in [1.29, 1.82) is 0 Å². The average Bonchev–Trinajstić information content (AvgIpc) is 2.62. The maximum absolute atomic E-state index is 11.8. The first-order valence-corrected chi connectivity index (χ1v) is 7.38. The lowest BCUT2D eigenvalue weighted by atomic mass is 10.1. The van der Waals surface area contributed by atoms with Gasteiger partial charge >= 0.3 is 0 Å². The van der Waals surface area contributed by atoms with Gasteiger partial charge in [-0.2, -0.15) is 5.10 Å². The molecule has 8 heteroatoms. The molecule has 0 aromatic carbocycles. The van der Waals surface area contributed by atoms with Gasteiger partial charge in [-0.05, 0) is 34.6 Å². The number of carbonyl (C=O) groups is 1. The predicted molar refractivity (Wildman–Crippen MR) is 104 cm³/mol. The second-order valence-corrected chi connectivity index (χ2v) is 6.35. The van der Waals surface area contributed by atoms with Crippen molar-refractivity contribution in [3.63, 3.8) is 0 Å². The summed E-state index contributed by atoms with van der Waals surface area (Å²) >= 11 is 0. The van der Waals surface area contributed by atoms with Crippen molar-refractivity contribution in [2.75, 3.05) is 13.6 Å². The minimum Gasteiger partial charge on any atom is -0.352 e. The Morgan fingerprint density at radius 3 is 2.30 bits per heavy atom. The van der Waals surface area contributed by atoms with Crippen LogP contribution in [0.15, 0.2) is 4.99 Å². The molecule has 0 aliphatic carbocycles. The molecule has 0 fully saturated rings. The third-order valence-electron chi connectivity index (χ3n) is 3.25. The van der Waals surface area contributed by atoms with E-state index in [2.05, 4.69) is 26.0 Å². The topological polar surface area (TPSA) is 83.3 Å². The van der Waals surface area contributed by atoms with Crippen molar-refractivity contribution in [3.05, 3.63) is 17.0 Å². The number of guanidine groups is 1. The number of aromatic nitrogens is 2. The minimum atomic E-state index is -0.236. The fourth-order valence-electron chi connectivity index (χ4n) is 2.09. The van der Waals surface area contributed by atoms with Crippen LogP contribution in [0.1, 0.15) is 37.7 Å². The highest BCUT2D eigenvalue weighted by Gasteiger charge is 2.14. The van der Waals surface area contributed by atoms with Gasteiger partial charge in [-0.3, -0.25) is 14.5 Å². The molecule has 0 unspecified atom stereocenters. The molecule has 23 heavy (non-hydrogen) atoms. The quantitative estimate of drug-likeness (QED) is 0.377. The Labute approximate surface area is 155 Å². The summed E-state index contributed by atoms with van der Waals surface area (Å²) in [5.74, 6) is 0.524. The van der Waals surface area contributed by atoms with Crippen molar-refractivity contribution >= 4 is 35.8 Å². The second kappa shape index (κ2) is 9.09. The molecule has 1 aromatic heterocycles. The molecular formula is C15H29IN6O. The number of hydrogen-bond donors (Lipinski definition) is 3. The lowest BCUT2D eigenvalue weighted by Gasteiger charge is -2.21. The Hall–Kier alpha value is -1.32. The van der Waals surface area contributed by atoms with Crippen LogP contribution in [-0.2, 0) is 18.4 Å². The molecule has 132 valence electrons. The summed E-state index contributed by atoms with van der Waals surface area (Å²) in [6, 6.07) is 0. The van der Waals surface area contributed by atoms with Gasteiger partial charge < -0.3 is 16.0 Å². The van der Waals surface area contributed by atoms with Gasteiger partial charge in [0, 0.05) is 37.4 Å². The van der Waals surface area contributed by atoms with Gasteiger partial charge in [0.2, 0.25) is 5.91 Å². The summed E-state index contributed by atoms with van der Waals surface area (Å²) in [5.41, 5.74) is 3.02. The molecule has 0 saturated heterocycles. The highest BCUT2D eigenvalue weighted by Crippen LogP contribution is 2.10. The van der Waals surface area contributed by atoms with Crippen LogP contribution in [0.25, 0.3) is 0 Å². The number of rotatable bonds is 4. The first-order chi connectivity index (χ1) is 10.1. The molecule has 3 N–H and O–H groups in total. The minimum absolute atomic E-state index is 0. The average molecular weight is 436 g/mol. The fraction of sp³-hybridized carbons (Fsp3) is 0.667. The van der Waals surface area contributed by atoms with Crippen molar-refractivity contribution in [2.24, 2.45) is 12.0 Å². The van der Waals surface area contributed by atoms with E-state index in [1.165, 1.54) is 0 Å². The maximum atomic E-state index is 11.8. The number of hydrogen-bond acceptors (Lipinski definition) is 3. The van der Waals surface area contributed by atoms with Gasteiger partial charge in [0.15, 0.2) is 5.96 Å². The second-order valence-electron chi connectivity index (χ2n) is 6.35. The van der Waals surface area contributed by atoms with E-state index in [4.69, 9.17) is 0 Å². The summed E-state index contributed by atoms with van der Waals surface area (Å²) in [5, 5.41) is 13.5. The van der Waals surface area contributed by atoms with Crippen LogP contribution in [0.5, 0.6) is 0 Å². The van der Waals surface area contributed by atoms with Crippen LogP contribution in [0, 0.1) is 13.8 Å². The van der Waals surface area contributed by atoms with Crippen LogP contribution in [0.4, 0.5) is 0 Å². The SMILES string of the molecule is CN=C(NCC(=O)NC(C)(C)C)NCc1c(C)nn(C)c1C.I. The third-order valence-corrected chi connectivity index (χ3v) is 3.25. The van der Waals surface area contributed by atoms with E-state index in [0.29, 0.717) is 12.5 Å². The lowest BCUT2D eigenvalue weighted by molar-refractivity contribution is -0.121. The van der Waals surface area contributed by atoms with Gasteiger partial charge in [0.05, 0.1) is 12.2 Å². The number of nitrogens with zero attached hydrogens (tertiary/aromatic N) is 3. The van der Waals surface area contributed by atoms with Crippen LogP contribution in [0.2, 0.25) is 0 Å². The van der Waals surface area contributed by atoms with Gasteiger partial charge in [-0.15, -0.1) is 24.0 Å². The predicted octanol–water partition coefficient (Wildman–Crippen LogP) is 1.23. The highest BCUT2D eigenvalue weighted by molar-refractivity contribution is 14.0. The van der Waals surface area contributed by atoms with E-state index in [-0.39, 0.29) is 42.0 Å². The molecule has 0 aliphatic rings. The molecule has 0 radical (unpaired) electrons. The van der Waals surface area contributed by atoms with E-state index < -0.39 is 0 Å². The molecule has 0 spiro atoms. The van der Waals surface area contributed by atoms with Crippen molar-refractivity contribution in [3.8, 4) is 0 Å². The number of amides is 1. The number of nitrogens with one attached hydrogen (secondary N) is 3. The Morgan fingerprint density at radius 2 is 1.87 bits per heavy atom. The first-order valence-electron chi connectivity index (χ1n) is 7.38. The number of carbonyl (C=O) groups excluding carboxylic acids is 1. The zero-order chi connectivity index (χ0) is 16.9. The van der Waals surface area contributed by atoms with Gasteiger partial charge in [0.1, 0.15) is 0 Å². The largest absolute Gasteiger partial charge is 0.352 e. The molecule has 1 aromatic rings.